The SMILES string of the molecule is CC(C)(c1ccc(OCC2CO2)cc1)c1ccc(OCC2CO2)cc1.CCCC(O)CN(CCCO)CC(O)COc1ccc(C(C)(C)c2ccc(OC)cc2)cc1.NCCO. The van der Waals surface area contributed by atoms with Gasteiger partial charge in [-0.05, 0) is 83.6 Å². The summed E-state index contributed by atoms with van der Waals surface area (Å²) in [6.45, 7) is 16.0. The molecule has 4 aromatic rings. The number of hydrogen-bond acceptors (Lipinski definition) is 12. The Morgan fingerprint density at radius 3 is 1.34 bits per heavy atom. The average molecular weight is 861 g/mol. The van der Waals surface area contributed by atoms with E-state index in [4.69, 9.17) is 44.4 Å². The monoisotopic (exact) mass is 861 g/mol. The molecule has 342 valence electrons. The first-order valence-electron chi connectivity index (χ1n) is 21.9. The van der Waals surface area contributed by atoms with E-state index in [0.717, 1.165) is 43.3 Å². The molecule has 2 aliphatic rings. The standard InChI is InChI=1S/C27H41NO5.C21H24O4.C2H7NO/c1-5-7-23(30)18-28(16-6-17-29)19-24(31)20-33-26-14-10-22(11-15-26)27(2,3)21-8-12-25(32-4)13-9-21;1-21(2,15-3-7-17(8-4-15)22-11-19-13-24-19)16-5-9-18(10-6-16)23-12-20-14-25-20;3-1-2-4/h8-15,23-24,29-31H,5-7,16-20H2,1-4H3;3-10,19-20H,11-14H2,1-2H3;4H,1-3H2. The summed E-state index contributed by atoms with van der Waals surface area (Å²) >= 11 is 0. The Hall–Kier alpha value is -4.24. The van der Waals surface area contributed by atoms with Crippen LogP contribution in [0.5, 0.6) is 23.0 Å². The van der Waals surface area contributed by atoms with Gasteiger partial charge < -0.3 is 54.6 Å². The van der Waals surface area contributed by atoms with Gasteiger partial charge in [0.25, 0.3) is 0 Å². The van der Waals surface area contributed by atoms with Crippen molar-refractivity contribution < 1.29 is 48.8 Å². The lowest BCUT2D eigenvalue weighted by molar-refractivity contribution is 0.0410. The number of benzene rings is 4. The van der Waals surface area contributed by atoms with Gasteiger partial charge >= 0.3 is 0 Å². The number of nitrogens with zero attached hydrogens (tertiary/aromatic N) is 1. The Bertz CT molecular complexity index is 1730. The fraction of sp³-hybridized carbons (Fsp3) is 0.520. The molecule has 0 aliphatic carbocycles. The van der Waals surface area contributed by atoms with Crippen molar-refractivity contribution in [2.45, 2.75) is 89.1 Å². The summed E-state index contributed by atoms with van der Waals surface area (Å²) < 4.78 is 32.9. The molecular weight excluding hydrogens is 789 g/mol. The molecule has 0 saturated carbocycles. The molecule has 2 fully saturated rings. The Labute approximate surface area is 369 Å². The zero-order valence-corrected chi connectivity index (χ0v) is 37.7. The van der Waals surface area contributed by atoms with Gasteiger partial charge in [-0.1, -0.05) is 89.6 Å². The maximum absolute atomic E-state index is 10.5. The van der Waals surface area contributed by atoms with Crippen molar-refractivity contribution in [2.24, 2.45) is 5.73 Å². The molecule has 4 unspecified atom stereocenters. The highest BCUT2D eigenvalue weighted by molar-refractivity contribution is 5.43. The van der Waals surface area contributed by atoms with Crippen molar-refractivity contribution in [1.82, 2.24) is 4.90 Å². The largest absolute Gasteiger partial charge is 0.497 e. The molecule has 12 heteroatoms. The van der Waals surface area contributed by atoms with Gasteiger partial charge in [-0.2, -0.15) is 0 Å². The van der Waals surface area contributed by atoms with Crippen LogP contribution in [0, 0.1) is 0 Å². The highest BCUT2D eigenvalue weighted by atomic mass is 16.6. The summed E-state index contributed by atoms with van der Waals surface area (Å²) in [6.07, 6.45) is 1.69. The van der Waals surface area contributed by atoms with Gasteiger partial charge in [-0.15, -0.1) is 0 Å². The smallest absolute Gasteiger partial charge is 0.119 e. The van der Waals surface area contributed by atoms with Gasteiger partial charge in [-0.25, -0.2) is 0 Å². The first kappa shape index (κ1) is 50.4. The van der Waals surface area contributed by atoms with Crippen LogP contribution in [0.1, 0.15) is 76.1 Å². The fourth-order valence-corrected chi connectivity index (χ4v) is 6.77. The lowest BCUT2D eigenvalue weighted by Crippen LogP contribution is -2.40. The van der Waals surface area contributed by atoms with E-state index in [1.807, 2.05) is 60.4 Å². The van der Waals surface area contributed by atoms with Crippen LogP contribution in [0.25, 0.3) is 0 Å². The fourth-order valence-electron chi connectivity index (χ4n) is 6.77. The summed E-state index contributed by atoms with van der Waals surface area (Å²) in [5.74, 6) is 3.32. The highest BCUT2D eigenvalue weighted by Gasteiger charge is 2.27. The maximum Gasteiger partial charge on any atom is 0.119 e. The van der Waals surface area contributed by atoms with Crippen LogP contribution in [0.4, 0.5) is 0 Å². The quantitative estimate of drug-likeness (QED) is 0.0513. The molecule has 0 aromatic heterocycles. The van der Waals surface area contributed by atoms with Crippen LogP contribution < -0.4 is 24.7 Å². The normalized spacial score (nSPS) is 16.5. The molecular formula is C50H72N2O10. The van der Waals surface area contributed by atoms with Crippen LogP contribution in [0.2, 0.25) is 0 Å². The van der Waals surface area contributed by atoms with Crippen molar-refractivity contribution in [3.63, 3.8) is 0 Å². The van der Waals surface area contributed by atoms with E-state index in [0.29, 0.717) is 51.6 Å². The number of rotatable bonds is 24. The van der Waals surface area contributed by atoms with Gasteiger partial charge in [0.2, 0.25) is 0 Å². The van der Waals surface area contributed by atoms with E-state index in [2.05, 4.69) is 76.2 Å². The minimum absolute atomic E-state index is 0.0870. The maximum atomic E-state index is 10.5. The van der Waals surface area contributed by atoms with Gasteiger partial charge in [-0.3, -0.25) is 4.90 Å². The van der Waals surface area contributed by atoms with Gasteiger partial charge in [0.05, 0.1) is 33.0 Å². The molecule has 2 aliphatic heterocycles. The second-order valence-electron chi connectivity index (χ2n) is 16.8. The molecule has 0 bridgehead atoms. The number of aliphatic hydroxyl groups excluding tert-OH is 4. The second-order valence-corrected chi connectivity index (χ2v) is 16.8. The van der Waals surface area contributed by atoms with E-state index < -0.39 is 12.2 Å². The Morgan fingerprint density at radius 2 is 1.00 bits per heavy atom. The Morgan fingerprint density at radius 1 is 0.629 bits per heavy atom. The van der Waals surface area contributed by atoms with Crippen molar-refractivity contribution >= 4 is 0 Å². The first-order valence-corrected chi connectivity index (χ1v) is 21.9. The lowest BCUT2D eigenvalue weighted by Gasteiger charge is -2.27. The number of epoxide rings is 2. The van der Waals surface area contributed by atoms with Gasteiger partial charge in [0, 0.05) is 43.6 Å². The van der Waals surface area contributed by atoms with Crippen LogP contribution in [0.15, 0.2) is 97.1 Å². The minimum atomic E-state index is -0.687. The van der Waals surface area contributed by atoms with E-state index in [-0.39, 0.29) is 42.9 Å². The van der Waals surface area contributed by atoms with Crippen LogP contribution in [-0.2, 0) is 20.3 Å². The molecule has 4 atom stereocenters. The molecule has 2 heterocycles. The number of ether oxygens (including phenoxy) is 6. The van der Waals surface area contributed by atoms with Crippen molar-refractivity contribution in [3.8, 4) is 23.0 Å². The molecule has 0 amide bonds. The van der Waals surface area contributed by atoms with Crippen LogP contribution >= 0.6 is 0 Å². The Balaban J connectivity index is 0.000000258. The van der Waals surface area contributed by atoms with E-state index in [1.165, 1.54) is 22.3 Å². The summed E-state index contributed by atoms with van der Waals surface area (Å²) in [7, 11) is 1.66. The molecule has 4 aromatic carbocycles. The average Bonchev–Trinajstić information content (AvgIpc) is 4.24. The summed E-state index contributed by atoms with van der Waals surface area (Å²) in [4.78, 5) is 1.99. The predicted octanol–water partition coefficient (Wildman–Crippen LogP) is 6.11. The third kappa shape index (κ3) is 17.1. The van der Waals surface area contributed by atoms with Crippen LogP contribution in [-0.4, -0.2) is 129 Å². The molecule has 62 heavy (non-hydrogen) atoms. The van der Waals surface area contributed by atoms with Gasteiger partial charge in [0.15, 0.2) is 0 Å². The van der Waals surface area contributed by atoms with E-state index in [1.54, 1.807) is 7.11 Å². The molecule has 0 radical (unpaired) electrons. The van der Waals surface area contributed by atoms with Crippen molar-refractivity contribution in [2.75, 3.05) is 79.5 Å². The summed E-state index contributed by atoms with van der Waals surface area (Å²) in [5, 5.41) is 37.5. The topological polar surface area (TPSA) is 172 Å². The number of hydrogen-bond donors (Lipinski definition) is 5. The Kier molecular flexibility index (Phi) is 20.9. The van der Waals surface area contributed by atoms with Crippen LogP contribution in [0.3, 0.4) is 0 Å². The number of nitrogens with two attached hydrogens (primary N) is 1. The van der Waals surface area contributed by atoms with Crippen molar-refractivity contribution in [3.05, 3.63) is 119 Å². The zero-order valence-electron chi connectivity index (χ0n) is 37.7. The van der Waals surface area contributed by atoms with E-state index in [9.17, 15) is 10.2 Å². The van der Waals surface area contributed by atoms with E-state index >= 15 is 0 Å². The molecule has 2 saturated heterocycles. The lowest BCUT2D eigenvalue weighted by atomic mass is 9.78. The highest BCUT2D eigenvalue weighted by Crippen LogP contribution is 2.35. The minimum Gasteiger partial charge on any atom is -0.497 e. The predicted molar refractivity (Wildman–Crippen MR) is 244 cm³/mol. The second kappa shape index (κ2) is 25.8. The first-order chi connectivity index (χ1) is 29.8. The molecule has 6 rings (SSSR count). The molecule has 6 N–H and O–H groups in total. The number of aliphatic hydroxyl groups is 4. The molecule has 12 nitrogen and oxygen atoms in total. The third-order valence-corrected chi connectivity index (χ3v) is 11.0. The number of methoxy groups -OCH3 is 1. The molecule has 0 spiro atoms. The van der Waals surface area contributed by atoms with Gasteiger partial charge in [0.1, 0.15) is 61.1 Å². The van der Waals surface area contributed by atoms with Crippen molar-refractivity contribution in [1.29, 1.82) is 0 Å². The zero-order chi connectivity index (χ0) is 45.0. The summed E-state index contributed by atoms with van der Waals surface area (Å²) in [6, 6.07) is 32.8. The summed E-state index contributed by atoms with van der Waals surface area (Å²) in [5.41, 5.74) is 9.39. The third-order valence-electron chi connectivity index (χ3n) is 11.0.